The molecule has 0 N–H and O–H groups in total. The first-order valence-electron chi connectivity index (χ1n) is 14.5. The van der Waals surface area contributed by atoms with Crippen LogP contribution in [0.5, 0.6) is 0 Å². The zero-order chi connectivity index (χ0) is 27.6. The van der Waals surface area contributed by atoms with Gasteiger partial charge in [-0.1, -0.05) is 105 Å². The SMILES string of the molecule is CC1(C)c2ccccc2-c2ccc3c(oc4c(C5=CC=C(N(c6ccccc6)c6ccccc6)CC5)cccc43)c21. The van der Waals surface area contributed by atoms with Gasteiger partial charge in [0.1, 0.15) is 11.2 Å². The van der Waals surface area contributed by atoms with Gasteiger partial charge in [0.25, 0.3) is 0 Å². The first-order chi connectivity index (χ1) is 20.1. The second-order valence-electron chi connectivity index (χ2n) is 11.7. The van der Waals surface area contributed by atoms with Crippen LogP contribution >= 0.6 is 0 Å². The topological polar surface area (TPSA) is 16.4 Å². The van der Waals surface area contributed by atoms with Gasteiger partial charge in [-0.05, 0) is 71.5 Å². The minimum atomic E-state index is -0.112. The van der Waals surface area contributed by atoms with Gasteiger partial charge < -0.3 is 9.32 Å². The number of rotatable bonds is 4. The molecule has 198 valence electrons. The van der Waals surface area contributed by atoms with Gasteiger partial charge in [-0.2, -0.15) is 0 Å². The van der Waals surface area contributed by atoms with Crippen molar-refractivity contribution in [2.24, 2.45) is 0 Å². The summed E-state index contributed by atoms with van der Waals surface area (Å²) in [4.78, 5) is 2.37. The summed E-state index contributed by atoms with van der Waals surface area (Å²) in [6.07, 6.45) is 6.48. The molecule has 0 saturated carbocycles. The summed E-state index contributed by atoms with van der Waals surface area (Å²) in [6.45, 7) is 4.65. The Morgan fingerprint density at radius 2 is 1.22 bits per heavy atom. The summed E-state index contributed by atoms with van der Waals surface area (Å²) in [5.41, 5.74) is 13.4. The Bertz CT molecular complexity index is 1970. The Morgan fingerprint density at radius 3 is 1.93 bits per heavy atom. The third-order valence-corrected chi connectivity index (χ3v) is 8.97. The van der Waals surface area contributed by atoms with Crippen molar-refractivity contribution in [3.63, 3.8) is 0 Å². The van der Waals surface area contributed by atoms with Crippen molar-refractivity contribution in [1.82, 2.24) is 0 Å². The maximum Gasteiger partial charge on any atom is 0.142 e. The highest BCUT2D eigenvalue weighted by Gasteiger charge is 2.38. The van der Waals surface area contributed by atoms with Crippen LogP contribution in [-0.4, -0.2) is 0 Å². The molecule has 0 saturated heterocycles. The van der Waals surface area contributed by atoms with E-state index in [-0.39, 0.29) is 5.41 Å². The number of hydrogen-bond acceptors (Lipinski definition) is 2. The van der Waals surface area contributed by atoms with Gasteiger partial charge in [0.05, 0.1) is 0 Å². The van der Waals surface area contributed by atoms with Crippen molar-refractivity contribution >= 4 is 38.9 Å². The Labute approximate surface area is 240 Å². The molecule has 0 unspecified atom stereocenters. The van der Waals surface area contributed by atoms with Crippen LogP contribution in [0.3, 0.4) is 0 Å². The van der Waals surface area contributed by atoms with Crippen molar-refractivity contribution < 1.29 is 4.42 Å². The highest BCUT2D eigenvalue weighted by molar-refractivity contribution is 6.11. The number of anilines is 2. The van der Waals surface area contributed by atoms with Crippen LogP contribution in [0, 0.1) is 0 Å². The minimum absolute atomic E-state index is 0.112. The molecule has 1 heterocycles. The van der Waals surface area contributed by atoms with E-state index >= 15 is 0 Å². The van der Waals surface area contributed by atoms with E-state index in [0.717, 1.165) is 24.0 Å². The molecule has 6 aromatic rings. The van der Waals surface area contributed by atoms with Gasteiger partial charge in [0, 0.05) is 44.4 Å². The fraction of sp³-hybridized carbons (Fsp3) is 0.128. The van der Waals surface area contributed by atoms with Gasteiger partial charge in [-0.15, -0.1) is 0 Å². The van der Waals surface area contributed by atoms with Gasteiger partial charge in [0.15, 0.2) is 0 Å². The van der Waals surface area contributed by atoms with Crippen molar-refractivity contribution in [2.75, 3.05) is 4.90 Å². The molecule has 2 heteroatoms. The Balaban J connectivity index is 1.25. The van der Waals surface area contributed by atoms with Gasteiger partial charge in [-0.25, -0.2) is 0 Å². The smallest absolute Gasteiger partial charge is 0.142 e. The Kier molecular flexibility index (Phi) is 5.33. The standard InChI is InChI=1S/C39H31NO/c1-39(2)35-19-10-9-16-31(35)32-24-25-34-33-18-11-17-30(37(33)41-38(34)36(32)39)26-20-22-29(23-21-26)40(27-12-5-3-6-13-27)28-14-7-4-8-15-28/h3-20,22,24-25H,21,23H2,1-2H3. The van der Waals surface area contributed by atoms with Crippen LogP contribution in [0.1, 0.15) is 43.4 Å². The normalized spacial score (nSPS) is 15.4. The van der Waals surface area contributed by atoms with Gasteiger partial charge in [0.2, 0.25) is 0 Å². The number of fused-ring (bicyclic) bond motifs is 7. The lowest BCUT2D eigenvalue weighted by atomic mass is 9.82. The molecule has 0 radical (unpaired) electrons. The molecule has 0 bridgehead atoms. The second-order valence-corrected chi connectivity index (χ2v) is 11.7. The van der Waals surface area contributed by atoms with Crippen LogP contribution in [-0.2, 0) is 5.41 Å². The van der Waals surface area contributed by atoms with E-state index in [0.29, 0.717) is 0 Å². The molecular formula is C39H31NO. The lowest BCUT2D eigenvalue weighted by Crippen LogP contribution is -2.17. The predicted molar refractivity (Wildman–Crippen MR) is 172 cm³/mol. The number of hydrogen-bond donors (Lipinski definition) is 0. The number of furan rings is 1. The van der Waals surface area contributed by atoms with E-state index < -0.39 is 0 Å². The van der Waals surface area contributed by atoms with Crippen molar-refractivity contribution in [2.45, 2.75) is 32.1 Å². The largest absolute Gasteiger partial charge is 0.455 e. The quantitative estimate of drug-likeness (QED) is 0.226. The summed E-state index contributed by atoms with van der Waals surface area (Å²) in [5, 5.41) is 2.39. The molecule has 41 heavy (non-hydrogen) atoms. The van der Waals surface area contributed by atoms with E-state index in [2.05, 4.69) is 146 Å². The van der Waals surface area contributed by atoms with Crippen molar-refractivity contribution in [1.29, 1.82) is 0 Å². The third kappa shape index (κ3) is 3.64. The second kappa shape index (κ2) is 9.11. The predicted octanol–water partition coefficient (Wildman–Crippen LogP) is 10.8. The summed E-state index contributed by atoms with van der Waals surface area (Å²) >= 11 is 0. The average Bonchev–Trinajstić information content (AvgIpc) is 3.51. The number of allylic oxidation sites excluding steroid dienone is 4. The summed E-state index contributed by atoms with van der Waals surface area (Å²) in [5.74, 6) is 0. The first-order valence-corrected chi connectivity index (χ1v) is 14.5. The average molecular weight is 530 g/mol. The number of benzene rings is 5. The van der Waals surface area contributed by atoms with Crippen LogP contribution in [0.15, 0.2) is 138 Å². The number of para-hydroxylation sites is 3. The lowest BCUT2D eigenvalue weighted by molar-refractivity contribution is 0.619. The van der Waals surface area contributed by atoms with E-state index in [1.54, 1.807) is 0 Å². The molecule has 2 nitrogen and oxygen atoms in total. The molecule has 2 aliphatic rings. The van der Waals surface area contributed by atoms with E-state index in [9.17, 15) is 0 Å². The Hall–Kier alpha value is -4.82. The molecule has 0 atom stereocenters. The molecule has 5 aromatic carbocycles. The van der Waals surface area contributed by atoms with Crippen LogP contribution in [0.25, 0.3) is 38.6 Å². The van der Waals surface area contributed by atoms with Gasteiger partial charge in [-0.3, -0.25) is 0 Å². The molecule has 0 fully saturated rings. The highest BCUT2D eigenvalue weighted by Crippen LogP contribution is 2.53. The van der Waals surface area contributed by atoms with E-state index in [4.69, 9.17) is 4.42 Å². The molecule has 0 aliphatic heterocycles. The molecular weight excluding hydrogens is 498 g/mol. The lowest BCUT2D eigenvalue weighted by Gasteiger charge is -2.29. The molecule has 0 amide bonds. The summed E-state index contributed by atoms with van der Waals surface area (Å²) < 4.78 is 6.89. The fourth-order valence-electron chi connectivity index (χ4n) is 7.03. The maximum absolute atomic E-state index is 6.89. The minimum Gasteiger partial charge on any atom is -0.455 e. The van der Waals surface area contributed by atoms with Crippen LogP contribution < -0.4 is 4.90 Å². The zero-order valence-corrected chi connectivity index (χ0v) is 23.4. The summed E-state index contributed by atoms with van der Waals surface area (Å²) in [6, 6.07) is 41.3. The van der Waals surface area contributed by atoms with Crippen LogP contribution in [0.2, 0.25) is 0 Å². The molecule has 0 spiro atoms. The maximum atomic E-state index is 6.89. The third-order valence-electron chi connectivity index (χ3n) is 8.97. The molecule has 1 aromatic heterocycles. The first kappa shape index (κ1) is 24.0. The highest BCUT2D eigenvalue weighted by atomic mass is 16.3. The Morgan fingerprint density at radius 1 is 0.561 bits per heavy atom. The van der Waals surface area contributed by atoms with Crippen LogP contribution in [0.4, 0.5) is 11.4 Å². The van der Waals surface area contributed by atoms with E-state index in [1.807, 2.05) is 0 Å². The molecule has 8 rings (SSSR count). The van der Waals surface area contributed by atoms with Crippen molar-refractivity contribution in [3.05, 3.63) is 150 Å². The fourth-order valence-corrected chi connectivity index (χ4v) is 7.03. The number of nitrogens with zero attached hydrogens (tertiary/aromatic N) is 1. The molecule has 2 aliphatic carbocycles. The monoisotopic (exact) mass is 529 g/mol. The van der Waals surface area contributed by atoms with Gasteiger partial charge >= 0.3 is 0 Å². The van der Waals surface area contributed by atoms with Crippen molar-refractivity contribution in [3.8, 4) is 11.1 Å². The van der Waals surface area contributed by atoms with E-state index in [1.165, 1.54) is 61.2 Å². The summed E-state index contributed by atoms with van der Waals surface area (Å²) in [7, 11) is 0. The zero-order valence-electron chi connectivity index (χ0n) is 23.4.